The first-order chi connectivity index (χ1) is 15.2. The van der Waals surface area contributed by atoms with Crippen LogP contribution in [-0.2, 0) is 17.7 Å². The van der Waals surface area contributed by atoms with E-state index in [0.29, 0.717) is 49.4 Å². The van der Waals surface area contributed by atoms with Crippen molar-refractivity contribution in [2.24, 2.45) is 0 Å². The van der Waals surface area contributed by atoms with E-state index in [4.69, 9.17) is 16.3 Å². The summed E-state index contributed by atoms with van der Waals surface area (Å²) in [4.78, 5) is 18.6. The van der Waals surface area contributed by atoms with Gasteiger partial charge in [-0.05, 0) is 30.2 Å². The van der Waals surface area contributed by atoms with Crippen molar-refractivity contribution in [2.45, 2.75) is 25.6 Å². The van der Waals surface area contributed by atoms with Crippen LogP contribution < -0.4 is 0 Å². The monoisotopic (exact) mass is 470 g/mol. The minimum absolute atomic E-state index is 0.0408. The van der Waals surface area contributed by atoms with Crippen molar-refractivity contribution in [3.8, 4) is 0 Å². The van der Waals surface area contributed by atoms with Gasteiger partial charge < -0.3 is 9.64 Å². The molecule has 3 heterocycles. The molecule has 0 spiro atoms. The van der Waals surface area contributed by atoms with Crippen LogP contribution in [0.15, 0.2) is 30.5 Å². The van der Waals surface area contributed by atoms with Gasteiger partial charge in [0.1, 0.15) is 18.1 Å². The van der Waals surface area contributed by atoms with Crippen LogP contribution in [0.3, 0.4) is 0 Å². The summed E-state index contributed by atoms with van der Waals surface area (Å²) in [6, 6.07) is 5.41. The zero-order chi connectivity index (χ0) is 22.9. The Morgan fingerprint density at radius 2 is 2.00 bits per heavy atom. The van der Waals surface area contributed by atoms with Gasteiger partial charge in [-0.25, -0.2) is 4.39 Å². The second kappa shape index (κ2) is 9.03. The molecule has 1 fully saturated rings. The second-order valence-corrected chi connectivity index (χ2v) is 7.90. The lowest BCUT2D eigenvalue weighted by molar-refractivity contribution is -0.141. The van der Waals surface area contributed by atoms with Gasteiger partial charge >= 0.3 is 6.18 Å². The molecule has 3 aromatic rings. The van der Waals surface area contributed by atoms with Gasteiger partial charge in [0.05, 0.1) is 22.8 Å². The standard InChI is InChI=1S/C21H19ClF4N4O2/c22-15-8-13(2-3-16(15)23)9-17-14-11-27-18(20(31)29-4-1-6-32-7-5-29)10-19(14)30(28-17)12-21(24,25)26/h2-3,8,10-11H,1,4-7,9,12H2. The Bertz CT molecular complexity index is 1140. The smallest absolute Gasteiger partial charge is 0.380 e. The molecule has 4 rings (SSSR count). The van der Waals surface area contributed by atoms with E-state index in [-0.39, 0.29) is 28.6 Å². The van der Waals surface area contributed by atoms with Crippen molar-refractivity contribution in [1.29, 1.82) is 0 Å². The molecule has 0 N–H and O–H groups in total. The van der Waals surface area contributed by atoms with Gasteiger partial charge in [-0.15, -0.1) is 0 Å². The van der Waals surface area contributed by atoms with Crippen LogP contribution in [0.1, 0.15) is 28.2 Å². The van der Waals surface area contributed by atoms with E-state index in [0.717, 1.165) is 4.68 Å². The molecule has 2 aromatic heterocycles. The Morgan fingerprint density at radius 1 is 1.19 bits per heavy atom. The molecular weight excluding hydrogens is 452 g/mol. The van der Waals surface area contributed by atoms with E-state index in [1.165, 1.54) is 30.5 Å². The molecule has 6 nitrogen and oxygen atoms in total. The molecule has 170 valence electrons. The number of amides is 1. The zero-order valence-corrected chi connectivity index (χ0v) is 17.6. The van der Waals surface area contributed by atoms with Gasteiger partial charge in [0.2, 0.25) is 0 Å². The molecule has 0 radical (unpaired) electrons. The summed E-state index contributed by atoms with van der Waals surface area (Å²) in [5, 5.41) is 4.42. The van der Waals surface area contributed by atoms with Crippen LogP contribution in [0.4, 0.5) is 17.6 Å². The number of rotatable bonds is 4. The Balaban J connectivity index is 1.72. The van der Waals surface area contributed by atoms with Gasteiger partial charge in [0.15, 0.2) is 0 Å². The third-order valence-electron chi connectivity index (χ3n) is 5.13. The Labute approximate surface area is 185 Å². The number of halogens is 5. The summed E-state index contributed by atoms with van der Waals surface area (Å²) in [5.74, 6) is -0.962. The van der Waals surface area contributed by atoms with Crippen LogP contribution in [0.25, 0.3) is 10.9 Å². The predicted molar refractivity (Wildman–Crippen MR) is 109 cm³/mol. The van der Waals surface area contributed by atoms with Crippen molar-refractivity contribution in [3.63, 3.8) is 0 Å². The highest BCUT2D eigenvalue weighted by molar-refractivity contribution is 6.30. The molecule has 0 aliphatic carbocycles. The summed E-state index contributed by atoms with van der Waals surface area (Å²) in [6.45, 7) is 0.493. The highest BCUT2D eigenvalue weighted by Crippen LogP contribution is 2.27. The molecule has 11 heteroatoms. The zero-order valence-electron chi connectivity index (χ0n) is 16.8. The quantitative estimate of drug-likeness (QED) is 0.535. The maximum Gasteiger partial charge on any atom is 0.408 e. The lowest BCUT2D eigenvalue weighted by Crippen LogP contribution is -2.33. The van der Waals surface area contributed by atoms with Crippen molar-refractivity contribution in [1.82, 2.24) is 19.7 Å². The SMILES string of the molecule is O=C(c1cc2c(cn1)c(Cc1ccc(F)c(Cl)c1)nn2CC(F)(F)F)N1CCCOCC1. The van der Waals surface area contributed by atoms with E-state index in [9.17, 15) is 22.4 Å². The number of pyridine rings is 1. The minimum Gasteiger partial charge on any atom is -0.380 e. The molecule has 0 atom stereocenters. The van der Waals surface area contributed by atoms with Crippen molar-refractivity contribution in [3.05, 3.63) is 58.3 Å². The molecule has 1 aromatic carbocycles. The number of alkyl halides is 3. The van der Waals surface area contributed by atoms with Gasteiger partial charge in [-0.3, -0.25) is 14.5 Å². The maximum absolute atomic E-state index is 13.4. The van der Waals surface area contributed by atoms with E-state index >= 15 is 0 Å². The predicted octanol–water partition coefficient (Wildman–Crippen LogP) is 4.24. The molecule has 0 saturated carbocycles. The fourth-order valence-electron chi connectivity index (χ4n) is 3.63. The average Bonchev–Trinajstić information content (AvgIpc) is 2.91. The fourth-order valence-corrected chi connectivity index (χ4v) is 3.83. The highest BCUT2D eigenvalue weighted by Gasteiger charge is 2.30. The number of ether oxygens (including phenoxy) is 1. The van der Waals surface area contributed by atoms with Gasteiger partial charge in [-0.2, -0.15) is 18.3 Å². The number of fused-ring (bicyclic) bond motifs is 1. The number of hydrogen-bond acceptors (Lipinski definition) is 4. The fraction of sp³-hybridized carbons (Fsp3) is 0.381. The molecule has 1 aliphatic heterocycles. The maximum atomic E-state index is 13.4. The molecule has 1 saturated heterocycles. The molecule has 1 amide bonds. The summed E-state index contributed by atoms with van der Waals surface area (Å²) >= 11 is 5.82. The molecular formula is C21H19ClF4N4O2. The summed E-state index contributed by atoms with van der Waals surface area (Å²) in [7, 11) is 0. The number of aromatic nitrogens is 3. The van der Waals surface area contributed by atoms with E-state index in [2.05, 4.69) is 10.1 Å². The highest BCUT2D eigenvalue weighted by atomic mass is 35.5. The van der Waals surface area contributed by atoms with Crippen LogP contribution in [0.2, 0.25) is 5.02 Å². The normalized spacial score (nSPS) is 15.2. The third-order valence-corrected chi connectivity index (χ3v) is 5.42. The van der Waals surface area contributed by atoms with Crippen LogP contribution in [0.5, 0.6) is 0 Å². The lowest BCUT2D eigenvalue weighted by atomic mass is 10.1. The molecule has 0 bridgehead atoms. The van der Waals surface area contributed by atoms with Crippen LogP contribution in [0, 0.1) is 5.82 Å². The topological polar surface area (TPSA) is 60.2 Å². The molecule has 1 aliphatic rings. The number of hydrogen-bond donors (Lipinski definition) is 0. The van der Waals surface area contributed by atoms with Gasteiger partial charge in [0, 0.05) is 37.7 Å². The minimum atomic E-state index is -4.51. The third kappa shape index (κ3) is 5.02. The van der Waals surface area contributed by atoms with Crippen molar-refractivity contribution in [2.75, 3.05) is 26.3 Å². The van der Waals surface area contributed by atoms with Crippen LogP contribution >= 0.6 is 11.6 Å². The number of carbonyl (C=O) groups is 1. The summed E-state index contributed by atoms with van der Waals surface area (Å²) in [5.41, 5.74) is 1.09. The number of benzene rings is 1. The van der Waals surface area contributed by atoms with Gasteiger partial charge in [0.25, 0.3) is 5.91 Å². The Hall–Kier alpha value is -2.72. The molecule has 32 heavy (non-hydrogen) atoms. The van der Waals surface area contributed by atoms with Crippen molar-refractivity contribution < 1.29 is 27.1 Å². The molecule has 0 unspecified atom stereocenters. The van der Waals surface area contributed by atoms with Crippen molar-refractivity contribution >= 4 is 28.4 Å². The summed E-state index contributed by atoms with van der Waals surface area (Å²) < 4.78 is 59.1. The van der Waals surface area contributed by atoms with E-state index < -0.39 is 18.5 Å². The van der Waals surface area contributed by atoms with Crippen LogP contribution in [-0.4, -0.2) is 58.1 Å². The Morgan fingerprint density at radius 3 is 2.75 bits per heavy atom. The van der Waals surface area contributed by atoms with Gasteiger partial charge in [-0.1, -0.05) is 17.7 Å². The number of nitrogens with zero attached hydrogens (tertiary/aromatic N) is 4. The average molecular weight is 471 g/mol. The summed E-state index contributed by atoms with van der Waals surface area (Å²) in [6.07, 6.45) is -2.35. The second-order valence-electron chi connectivity index (χ2n) is 7.49. The largest absolute Gasteiger partial charge is 0.408 e. The first-order valence-electron chi connectivity index (χ1n) is 9.94. The van der Waals surface area contributed by atoms with E-state index in [1.807, 2.05) is 0 Å². The number of carbonyl (C=O) groups excluding carboxylic acids is 1. The Kier molecular flexibility index (Phi) is 6.34. The van der Waals surface area contributed by atoms with E-state index in [1.54, 1.807) is 4.90 Å². The first kappa shape index (κ1) is 22.5. The lowest BCUT2D eigenvalue weighted by Gasteiger charge is -2.19. The first-order valence-corrected chi connectivity index (χ1v) is 10.3.